The van der Waals surface area contributed by atoms with Gasteiger partial charge >= 0.3 is 0 Å². The van der Waals surface area contributed by atoms with Crippen LogP contribution in [0.15, 0.2) is 23.8 Å². The maximum absolute atomic E-state index is 11.4. The molecule has 0 aromatic rings. The van der Waals surface area contributed by atoms with Gasteiger partial charge in [0.1, 0.15) is 6.29 Å². The molecule has 0 aromatic carbocycles. The van der Waals surface area contributed by atoms with Crippen LogP contribution in [0.3, 0.4) is 0 Å². The van der Waals surface area contributed by atoms with E-state index < -0.39 is 0 Å². The Kier molecular flexibility index (Phi) is 16.2. The topological polar surface area (TPSA) is 34.1 Å². The van der Waals surface area contributed by atoms with Gasteiger partial charge in [-0.15, -0.1) is 0 Å². The summed E-state index contributed by atoms with van der Waals surface area (Å²) in [5.74, 6) is 2.56. The maximum Gasteiger partial charge on any atom is 0.156 e. The molecule has 2 unspecified atom stereocenters. The third-order valence-electron chi connectivity index (χ3n) is 5.38. The Balaban J connectivity index is 3.72. The lowest BCUT2D eigenvalue weighted by Gasteiger charge is -2.15. The van der Waals surface area contributed by atoms with Crippen molar-refractivity contribution in [1.29, 1.82) is 0 Å². The van der Waals surface area contributed by atoms with Crippen molar-refractivity contribution >= 4 is 12.1 Å². The maximum atomic E-state index is 11.4. The third-order valence-corrected chi connectivity index (χ3v) is 5.38. The molecule has 0 amide bonds. The highest BCUT2D eigenvalue weighted by Gasteiger charge is 2.06. The summed E-state index contributed by atoms with van der Waals surface area (Å²) in [4.78, 5) is 21.6. The number of carbonyl (C=O) groups excluding carboxylic acids is 2. The van der Waals surface area contributed by atoms with Crippen molar-refractivity contribution < 1.29 is 9.59 Å². The van der Waals surface area contributed by atoms with Crippen molar-refractivity contribution in [3.63, 3.8) is 0 Å². The summed E-state index contributed by atoms with van der Waals surface area (Å²) < 4.78 is 0. The predicted molar refractivity (Wildman–Crippen MR) is 118 cm³/mol. The number of aldehydes is 1. The van der Waals surface area contributed by atoms with E-state index in [0.29, 0.717) is 12.7 Å². The van der Waals surface area contributed by atoms with Crippen molar-refractivity contribution in [3.8, 4) is 0 Å². The molecule has 2 nitrogen and oxygen atoms in total. The van der Waals surface area contributed by atoms with Crippen LogP contribution < -0.4 is 0 Å². The normalized spacial score (nSPS) is 14.7. The first-order valence-electron chi connectivity index (χ1n) is 11.1. The van der Waals surface area contributed by atoms with Crippen LogP contribution in [0, 0.1) is 17.8 Å². The number of carbonyl (C=O) groups is 2. The quantitative estimate of drug-likeness (QED) is 0.150. The average molecular weight is 377 g/mol. The van der Waals surface area contributed by atoms with Gasteiger partial charge in [0.25, 0.3) is 0 Å². The van der Waals surface area contributed by atoms with Gasteiger partial charge in [0.05, 0.1) is 0 Å². The molecule has 0 fully saturated rings. The minimum absolute atomic E-state index is 0.0261. The largest absolute Gasteiger partial charge is 0.299 e. The Labute approximate surface area is 168 Å². The first-order chi connectivity index (χ1) is 12.8. The zero-order valence-electron chi connectivity index (χ0n) is 18.6. The molecule has 0 radical (unpaired) electrons. The van der Waals surface area contributed by atoms with Crippen LogP contribution in [0.25, 0.3) is 0 Å². The van der Waals surface area contributed by atoms with E-state index >= 15 is 0 Å². The average Bonchev–Trinajstić information content (AvgIpc) is 2.59. The molecule has 0 aliphatic rings. The Morgan fingerprint density at radius 3 is 1.93 bits per heavy atom. The lowest BCUT2D eigenvalue weighted by molar-refractivity contribution is -0.114. The molecule has 0 N–H and O–H groups in total. The minimum Gasteiger partial charge on any atom is -0.299 e. The van der Waals surface area contributed by atoms with E-state index in [1.54, 1.807) is 0 Å². The molecular weight excluding hydrogens is 332 g/mol. The lowest BCUT2D eigenvalue weighted by atomic mass is 9.91. The van der Waals surface area contributed by atoms with E-state index in [4.69, 9.17) is 0 Å². The Morgan fingerprint density at radius 1 is 0.815 bits per heavy atom. The van der Waals surface area contributed by atoms with E-state index in [1.165, 1.54) is 69.1 Å². The molecule has 0 aliphatic heterocycles. The Morgan fingerprint density at radius 2 is 1.37 bits per heavy atom. The SMILES string of the molecule is CC(=CCCC(=O)C=CC=O)CCCC(C)CCCC(C)CCCC(C)C. The van der Waals surface area contributed by atoms with Crippen molar-refractivity contribution in [1.82, 2.24) is 0 Å². The smallest absolute Gasteiger partial charge is 0.156 e. The lowest BCUT2D eigenvalue weighted by Crippen LogP contribution is -2.00. The number of rotatable bonds is 17. The molecule has 0 bridgehead atoms. The van der Waals surface area contributed by atoms with Gasteiger partial charge in [-0.1, -0.05) is 84.3 Å². The van der Waals surface area contributed by atoms with Gasteiger partial charge in [-0.05, 0) is 56.1 Å². The second-order valence-corrected chi connectivity index (χ2v) is 8.91. The highest BCUT2D eigenvalue weighted by molar-refractivity contribution is 5.92. The summed E-state index contributed by atoms with van der Waals surface area (Å²) in [5.41, 5.74) is 1.38. The highest BCUT2D eigenvalue weighted by atomic mass is 16.1. The molecular formula is C25H44O2. The van der Waals surface area contributed by atoms with Crippen LogP contribution in [-0.2, 0) is 9.59 Å². The molecule has 0 saturated heterocycles. The Bertz CT molecular complexity index is 445. The van der Waals surface area contributed by atoms with Gasteiger partial charge in [-0.25, -0.2) is 0 Å². The second kappa shape index (κ2) is 17.0. The third kappa shape index (κ3) is 18.0. The molecule has 156 valence electrons. The number of hydrogen-bond acceptors (Lipinski definition) is 2. The van der Waals surface area contributed by atoms with Crippen molar-refractivity contribution in [2.75, 3.05) is 0 Å². The standard InChI is InChI=1S/C25H44O2/c1-21(2)11-6-12-22(3)13-7-14-23(4)15-8-16-24(5)17-9-18-25(27)19-10-20-26/h10,17,19-23H,6-9,11-16,18H2,1-5H3. The molecule has 0 aliphatic carbocycles. The first kappa shape index (κ1) is 25.8. The van der Waals surface area contributed by atoms with E-state index in [1.807, 2.05) is 0 Å². The van der Waals surface area contributed by atoms with Gasteiger partial charge in [-0.3, -0.25) is 9.59 Å². The summed E-state index contributed by atoms with van der Waals surface area (Å²) in [6, 6.07) is 0. The zero-order valence-corrected chi connectivity index (χ0v) is 18.6. The van der Waals surface area contributed by atoms with E-state index in [0.717, 1.165) is 30.6 Å². The van der Waals surface area contributed by atoms with E-state index in [-0.39, 0.29) is 5.78 Å². The van der Waals surface area contributed by atoms with Gasteiger partial charge in [0.15, 0.2) is 5.78 Å². The predicted octanol–water partition coefficient (Wildman–Crippen LogP) is 7.48. The number of hydrogen-bond donors (Lipinski definition) is 0. The molecule has 0 rings (SSSR count). The molecule has 2 heteroatoms. The monoisotopic (exact) mass is 376 g/mol. The van der Waals surface area contributed by atoms with Gasteiger partial charge < -0.3 is 0 Å². The van der Waals surface area contributed by atoms with Crippen molar-refractivity contribution in [2.45, 2.75) is 105 Å². The van der Waals surface area contributed by atoms with Crippen LogP contribution in [0.5, 0.6) is 0 Å². The van der Waals surface area contributed by atoms with Crippen LogP contribution in [0.1, 0.15) is 105 Å². The fourth-order valence-corrected chi connectivity index (χ4v) is 3.50. The fourth-order valence-electron chi connectivity index (χ4n) is 3.50. The molecule has 0 heterocycles. The van der Waals surface area contributed by atoms with Gasteiger partial charge in [0.2, 0.25) is 0 Å². The molecule has 0 spiro atoms. The van der Waals surface area contributed by atoms with E-state index in [2.05, 4.69) is 40.7 Å². The highest BCUT2D eigenvalue weighted by Crippen LogP contribution is 2.22. The van der Waals surface area contributed by atoms with Crippen LogP contribution in [0.4, 0.5) is 0 Å². The molecule has 0 saturated carbocycles. The summed E-state index contributed by atoms with van der Waals surface area (Å²) in [6.07, 6.45) is 18.7. The summed E-state index contributed by atoms with van der Waals surface area (Å²) in [7, 11) is 0. The molecule has 2 atom stereocenters. The number of allylic oxidation sites excluding steroid dienone is 4. The molecule has 0 aromatic heterocycles. The molecule has 27 heavy (non-hydrogen) atoms. The summed E-state index contributed by atoms with van der Waals surface area (Å²) in [5, 5.41) is 0. The fraction of sp³-hybridized carbons (Fsp3) is 0.760. The van der Waals surface area contributed by atoms with Crippen molar-refractivity contribution in [3.05, 3.63) is 23.8 Å². The van der Waals surface area contributed by atoms with Gasteiger partial charge in [-0.2, -0.15) is 0 Å². The summed E-state index contributed by atoms with van der Waals surface area (Å²) >= 11 is 0. The van der Waals surface area contributed by atoms with Crippen LogP contribution >= 0.6 is 0 Å². The Hall–Kier alpha value is -1.18. The zero-order chi connectivity index (χ0) is 20.5. The van der Waals surface area contributed by atoms with Crippen LogP contribution in [0.2, 0.25) is 0 Å². The second-order valence-electron chi connectivity index (χ2n) is 8.91. The van der Waals surface area contributed by atoms with Crippen LogP contribution in [-0.4, -0.2) is 12.1 Å². The van der Waals surface area contributed by atoms with E-state index in [9.17, 15) is 9.59 Å². The van der Waals surface area contributed by atoms with Gasteiger partial charge in [0, 0.05) is 6.42 Å². The first-order valence-corrected chi connectivity index (χ1v) is 11.1. The summed E-state index contributed by atoms with van der Waals surface area (Å²) in [6.45, 7) is 11.6. The number of ketones is 1. The van der Waals surface area contributed by atoms with Crippen molar-refractivity contribution in [2.24, 2.45) is 17.8 Å². The minimum atomic E-state index is 0.0261.